The number of benzene rings is 1. The summed E-state index contributed by atoms with van der Waals surface area (Å²) in [6, 6.07) is 4.86. The van der Waals surface area contributed by atoms with Crippen LogP contribution in [0, 0.1) is 30.9 Å². The highest BCUT2D eigenvalue weighted by molar-refractivity contribution is 5.55. The molecule has 0 aliphatic heterocycles. The van der Waals surface area contributed by atoms with E-state index in [0.717, 1.165) is 0 Å². The molecule has 1 aromatic carbocycles. The summed E-state index contributed by atoms with van der Waals surface area (Å²) < 4.78 is 5.62. The molecule has 3 N–H and O–H groups in total. The lowest BCUT2D eigenvalue weighted by molar-refractivity contribution is -0.386. The Hall–Kier alpha value is -2.74. The first-order chi connectivity index (χ1) is 9.93. The van der Waals surface area contributed by atoms with Crippen LogP contribution in [-0.4, -0.2) is 14.9 Å². The maximum absolute atomic E-state index is 11.2. The van der Waals surface area contributed by atoms with Gasteiger partial charge in [-0.1, -0.05) is 12.1 Å². The van der Waals surface area contributed by atoms with Crippen LogP contribution in [0.1, 0.15) is 17.0 Å². The molecule has 8 nitrogen and oxygen atoms in total. The minimum atomic E-state index is -0.476. The first kappa shape index (κ1) is 14.7. The molecule has 21 heavy (non-hydrogen) atoms. The number of hydrogen-bond acceptors (Lipinski definition) is 7. The highest BCUT2D eigenvalue weighted by Gasteiger charge is 2.20. The van der Waals surface area contributed by atoms with Crippen molar-refractivity contribution in [2.75, 3.05) is 5.43 Å². The van der Waals surface area contributed by atoms with Crippen LogP contribution < -0.4 is 16.0 Å². The Balaban J connectivity index is 2.51. The van der Waals surface area contributed by atoms with Crippen molar-refractivity contribution in [1.82, 2.24) is 9.97 Å². The average Bonchev–Trinajstić information content (AvgIpc) is 2.42. The number of hydrazine groups is 1. The number of nitrogens with zero attached hydrogens (tertiary/aromatic N) is 3. The lowest BCUT2D eigenvalue weighted by Crippen LogP contribution is -2.12. The molecule has 0 unspecified atom stereocenters. The number of para-hydroxylation sites is 1. The predicted octanol–water partition coefficient (Wildman–Crippen LogP) is 2.39. The van der Waals surface area contributed by atoms with E-state index in [2.05, 4.69) is 15.4 Å². The minimum Gasteiger partial charge on any atom is -0.431 e. The fraction of sp³-hybridized carbons (Fsp3) is 0.231. The van der Waals surface area contributed by atoms with Crippen LogP contribution in [0.4, 0.5) is 11.5 Å². The zero-order valence-electron chi connectivity index (χ0n) is 11.9. The number of nitro groups is 1. The van der Waals surface area contributed by atoms with Gasteiger partial charge in [0, 0.05) is 5.56 Å². The van der Waals surface area contributed by atoms with E-state index >= 15 is 0 Å². The molecule has 1 heterocycles. The first-order valence-corrected chi connectivity index (χ1v) is 6.17. The number of nitrogens with one attached hydrogen (secondary N) is 1. The normalized spacial score (nSPS) is 10.3. The first-order valence-electron chi connectivity index (χ1n) is 6.17. The van der Waals surface area contributed by atoms with Crippen molar-refractivity contribution in [3.8, 4) is 11.6 Å². The van der Waals surface area contributed by atoms with Gasteiger partial charge < -0.3 is 10.2 Å². The number of ether oxygens (including phenoxy) is 1. The molecule has 8 heteroatoms. The number of aryl methyl sites for hydroxylation is 2. The number of nitro benzene ring substituents is 1. The summed E-state index contributed by atoms with van der Waals surface area (Å²) in [6.45, 7) is 5.04. The Bertz CT molecular complexity index is 702. The van der Waals surface area contributed by atoms with Gasteiger partial charge in [0.1, 0.15) is 11.6 Å². The molecule has 1 aromatic heterocycles. The fourth-order valence-corrected chi connectivity index (χ4v) is 1.90. The second kappa shape index (κ2) is 5.71. The summed E-state index contributed by atoms with van der Waals surface area (Å²) >= 11 is 0. The van der Waals surface area contributed by atoms with Gasteiger partial charge in [-0.3, -0.25) is 10.1 Å². The largest absolute Gasteiger partial charge is 0.431 e. The third-order valence-electron chi connectivity index (χ3n) is 2.94. The molecule has 110 valence electrons. The van der Waals surface area contributed by atoms with Crippen molar-refractivity contribution in [1.29, 1.82) is 0 Å². The number of nitrogens with two attached hydrogens (primary N) is 1. The molecule has 0 fully saturated rings. The molecule has 0 atom stereocenters. The SMILES string of the molecule is Cc1nc(NN)c(C)c(Oc2cccc(C)c2[N+](=O)[O-])n1. The monoisotopic (exact) mass is 289 g/mol. The van der Waals surface area contributed by atoms with Crippen molar-refractivity contribution in [3.05, 3.63) is 45.3 Å². The molecule has 2 rings (SSSR count). The van der Waals surface area contributed by atoms with Crippen LogP contribution in [0.15, 0.2) is 18.2 Å². The average molecular weight is 289 g/mol. The Morgan fingerprint density at radius 2 is 2.00 bits per heavy atom. The van der Waals surface area contributed by atoms with Gasteiger partial charge >= 0.3 is 5.69 Å². The zero-order valence-corrected chi connectivity index (χ0v) is 11.9. The van der Waals surface area contributed by atoms with Crippen LogP contribution >= 0.6 is 0 Å². The summed E-state index contributed by atoms with van der Waals surface area (Å²) in [6.07, 6.45) is 0. The highest BCUT2D eigenvalue weighted by Crippen LogP contribution is 2.35. The molecule has 2 aromatic rings. The van der Waals surface area contributed by atoms with Gasteiger partial charge in [0.15, 0.2) is 0 Å². The Labute approximate surface area is 121 Å². The van der Waals surface area contributed by atoms with Crippen molar-refractivity contribution in [2.24, 2.45) is 5.84 Å². The topological polar surface area (TPSA) is 116 Å². The summed E-state index contributed by atoms with van der Waals surface area (Å²) in [5.41, 5.74) is 3.44. The van der Waals surface area contributed by atoms with Gasteiger partial charge in [-0.15, -0.1) is 0 Å². The molecule has 0 aliphatic rings. The quantitative estimate of drug-likeness (QED) is 0.504. The summed E-state index contributed by atoms with van der Waals surface area (Å²) in [7, 11) is 0. The van der Waals surface area contributed by atoms with Crippen LogP contribution in [-0.2, 0) is 0 Å². The summed E-state index contributed by atoms with van der Waals surface area (Å²) in [5, 5.41) is 11.2. The molecule has 0 saturated carbocycles. The van der Waals surface area contributed by atoms with Crippen molar-refractivity contribution in [3.63, 3.8) is 0 Å². The molecule has 0 spiro atoms. The number of aromatic nitrogens is 2. The van der Waals surface area contributed by atoms with Gasteiger partial charge in [-0.05, 0) is 26.8 Å². The third-order valence-corrected chi connectivity index (χ3v) is 2.94. The van der Waals surface area contributed by atoms with E-state index in [-0.39, 0.29) is 17.3 Å². The Kier molecular flexibility index (Phi) is 3.99. The van der Waals surface area contributed by atoms with E-state index in [1.54, 1.807) is 32.9 Å². The lowest BCUT2D eigenvalue weighted by Gasteiger charge is -2.12. The second-order valence-electron chi connectivity index (χ2n) is 4.47. The van der Waals surface area contributed by atoms with E-state index in [9.17, 15) is 10.1 Å². The van der Waals surface area contributed by atoms with Crippen LogP contribution in [0.5, 0.6) is 11.6 Å². The van der Waals surface area contributed by atoms with Gasteiger partial charge in [0.2, 0.25) is 11.6 Å². The van der Waals surface area contributed by atoms with Crippen molar-refractivity contribution in [2.45, 2.75) is 20.8 Å². The van der Waals surface area contributed by atoms with Gasteiger partial charge in [0.25, 0.3) is 0 Å². The van der Waals surface area contributed by atoms with Crippen molar-refractivity contribution < 1.29 is 9.66 Å². The third kappa shape index (κ3) is 2.90. The van der Waals surface area contributed by atoms with Crippen LogP contribution in [0.3, 0.4) is 0 Å². The molecule has 0 radical (unpaired) electrons. The predicted molar refractivity (Wildman–Crippen MR) is 77.2 cm³/mol. The number of anilines is 1. The Morgan fingerprint density at radius 1 is 1.29 bits per heavy atom. The highest BCUT2D eigenvalue weighted by atomic mass is 16.6. The summed E-state index contributed by atoms with van der Waals surface area (Å²) in [4.78, 5) is 19.0. The molecule has 0 saturated heterocycles. The van der Waals surface area contributed by atoms with Gasteiger partial charge in [0.05, 0.1) is 10.5 Å². The van der Waals surface area contributed by atoms with E-state index in [4.69, 9.17) is 10.6 Å². The van der Waals surface area contributed by atoms with Crippen molar-refractivity contribution >= 4 is 11.5 Å². The number of nitrogen functional groups attached to an aromatic ring is 1. The van der Waals surface area contributed by atoms with Crippen LogP contribution in [0.2, 0.25) is 0 Å². The van der Waals surface area contributed by atoms with Gasteiger partial charge in [-0.2, -0.15) is 4.98 Å². The van der Waals surface area contributed by atoms with E-state index in [0.29, 0.717) is 22.8 Å². The maximum atomic E-state index is 11.2. The summed E-state index contributed by atoms with van der Waals surface area (Å²) in [5.74, 6) is 6.59. The van der Waals surface area contributed by atoms with E-state index in [1.807, 2.05) is 0 Å². The van der Waals surface area contributed by atoms with Crippen LogP contribution in [0.25, 0.3) is 0 Å². The maximum Gasteiger partial charge on any atom is 0.314 e. The van der Waals surface area contributed by atoms with Gasteiger partial charge in [-0.25, -0.2) is 10.8 Å². The molecule has 0 amide bonds. The standard InChI is InChI=1S/C13H15N5O3/c1-7-5-4-6-10(11(7)18(19)20)21-13-8(2)12(17-14)15-9(3)16-13/h4-6H,14H2,1-3H3,(H,15,16,17). The zero-order chi connectivity index (χ0) is 15.6. The van der Waals surface area contributed by atoms with E-state index in [1.165, 1.54) is 6.07 Å². The molecular formula is C13H15N5O3. The minimum absolute atomic E-state index is 0.0876. The molecular weight excluding hydrogens is 274 g/mol. The smallest absolute Gasteiger partial charge is 0.314 e. The number of hydrogen-bond donors (Lipinski definition) is 2. The Morgan fingerprint density at radius 3 is 2.62 bits per heavy atom. The fourth-order valence-electron chi connectivity index (χ4n) is 1.90. The molecule has 0 aliphatic carbocycles. The second-order valence-corrected chi connectivity index (χ2v) is 4.47. The lowest BCUT2D eigenvalue weighted by atomic mass is 10.2. The van der Waals surface area contributed by atoms with E-state index < -0.39 is 4.92 Å². The molecule has 0 bridgehead atoms. The number of rotatable bonds is 4.